The summed E-state index contributed by atoms with van der Waals surface area (Å²) in [7, 11) is -2.02. The molecule has 0 aliphatic carbocycles. The molecule has 21 heavy (non-hydrogen) atoms. The molecule has 0 unspecified atom stereocenters. The second kappa shape index (κ2) is 7.04. The zero-order chi connectivity index (χ0) is 15.3. The summed E-state index contributed by atoms with van der Waals surface area (Å²) in [6.45, 7) is 1.19. The van der Waals surface area contributed by atoms with Gasteiger partial charge in [-0.15, -0.1) is 0 Å². The molecule has 0 spiro atoms. The Morgan fingerprint density at radius 1 is 1.19 bits per heavy atom. The van der Waals surface area contributed by atoms with Crippen LogP contribution in [0.15, 0.2) is 24.3 Å². The number of methoxy groups -OCH3 is 1. The molecule has 5 nitrogen and oxygen atoms in total. The van der Waals surface area contributed by atoms with Gasteiger partial charge in [0.25, 0.3) is 0 Å². The molecule has 1 aromatic carbocycles. The number of hydrogen-bond acceptors (Lipinski definition) is 4. The number of hydrogen-bond donors (Lipinski definition) is 0. The molecule has 0 saturated carbocycles. The summed E-state index contributed by atoms with van der Waals surface area (Å²) < 4.78 is 31.2. The molecule has 0 amide bonds. The Bertz CT molecular complexity index is 589. The zero-order valence-corrected chi connectivity index (χ0v) is 13.1. The summed E-state index contributed by atoms with van der Waals surface area (Å²) >= 11 is 0. The van der Waals surface area contributed by atoms with Crippen molar-refractivity contribution in [1.82, 2.24) is 4.31 Å². The minimum atomic E-state index is -3.33. The van der Waals surface area contributed by atoms with E-state index in [0.29, 0.717) is 24.2 Å². The summed E-state index contributed by atoms with van der Waals surface area (Å²) in [5, 5.41) is 0. The van der Waals surface area contributed by atoms with Crippen LogP contribution in [0.2, 0.25) is 0 Å². The molecular formula is C15H21NO4S. The number of rotatable bonds is 4. The largest absolute Gasteiger partial charge is 0.465 e. The van der Waals surface area contributed by atoms with Crippen molar-refractivity contribution < 1.29 is 17.9 Å². The van der Waals surface area contributed by atoms with Gasteiger partial charge in [0.05, 0.1) is 18.4 Å². The van der Waals surface area contributed by atoms with E-state index in [0.717, 1.165) is 25.7 Å². The lowest BCUT2D eigenvalue weighted by Crippen LogP contribution is -2.32. The van der Waals surface area contributed by atoms with Gasteiger partial charge in [-0.1, -0.05) is 25.0 Å². The van der Waals surface area contributed by atoms with Crippen LogP contribution in [0.3, 0.4) is 0 Å². The summed E-state index contributed by atoms with van der Waals surface area (Å²) in [6.07, 6.45) is 4.01. The van der Waals surface area contributed by atoms with Gasteiger partial charge in [-0.3, -0.25) is 0 Å². The SMILES string of the molecule is COC(=O)c1cccc(CS(=O)(=O)N2CCCCCC2)c1. The number of carbonyl (C=O) groups is 1. The first-order valence-electron chi connectivity index (χ1n) is 7.18. The number of esters is 1. The summed E-state index contributed by atoms with van der Waals surface area (Å²) in [4.78, 5) is 11.5. The van der Waals surface area contributed by atoms with Gasteiger partial charge in [-0.2, -0.15) is 0 Å². The molecule has 1 aliphatic rings. The van der Waals surface area contributed by atoms with Crippen molar-refractivity contribution in [3.05, 3.63) is 35.4 Å². The molecule has 0 atom stereocenters. The van der Waals surface area contributed by atoms with Gasteiger partial charge in [0.15, 0.2) is 0 Å². The van der Waals surface area contributed by atoms with Crippen LogP contribution in [0, 0.1) is 0 Å². The predicted molar refractivity (Wildman–Crippen MR) is 80.4 cm³/mol. The van der Waals surface area contributed by atoms with E-state index in [4.69, 9.17) is 0 Å². The average Bonchev–Trinajstić information content (AvgIpc) is 2.76. The Hall–Kier alpha value is -1.40. The third kappa shape index (κ3) is 4.28. The highest BCUT2D eigenvalue weighted by molar-refractivity contribution is 7.88. The minimum absolute atomic E-state index is 0.0716. The molecule has 1 saturated heterocycles. The van der Waals surface area contributed by atoms with Crippen molar-refractivity contribution in [2.75, 3.05) is 20.2 Å². The zero-order valence-electron chi connectivity index (χ0n) is 12.2. The van der Waals surface area contributed by atoms with Crippen LogP contribution in [0.25, 0.3) is 0 Å². The second-order valence-electron chi connectivity index (χ2n) is 5.26. The minimum Gasteiger partial charge on any atom is -0.465 e. The maximum atomic E-state index is 12.5. The monoisotopic (exact) mass is 311 g/mol. The van der Waals surface area contributed by atoms with E-state index in [2.05, 4.69) is 4.74 Å². The van der Waals surface area contributed by atoms with Crippen LogP contribution < -0.4 is 0 Å². The molecular weight excluding hydrogens is 290 g/mol. The Morgan fingerprint density at radius 3 is 2.48 bits per heavy atom. The first kappa shape index (κ1) is 16.0. The Labute approximate surface area is 126 Å². The lowest BCUT2D eigenvalue weighted by Gasteiger charge is -2.20. The summed E-state index contributed by atoms with van der Waals surface area (Å²) in [6, 6.07) is 6.61. The number of nitrogens with zero attached hydrogens (tertiary/aromatic N) is 1. The van der Waals surface area contributed by atoms with E-state index in [1.54, 1.807) is 28.6 Å². The van der Waals surface area contributed by atoms with Gasteiger partial charge in [-0.05, 0) is 30.5 Å². The molecule has 1 fully saturated rings. The normalized spacial score (nSPS) is 17.2. The molecule has 0 N–H and O–H groups in total. The molecule has 116 valence electrons. The average molecular weight is 311 g/mol. The van der Waals surface area contributed by atoms with Crippen molar-refractivity contribution >= 4 is 16.0 Å². The highest BCUT2D eigenvalue weighted by Gasteiger charge is 2.23. The number of benzene rings is 1. The van der Waals surface area contributed by atoms with Crippen molar-refractivity contribution in [3.8, 4) is 0 Å². The first-order chi connectivity index (χ1) is 10.0. The third-order valence-electron chi connectivity index (χ3n) is 3.66. The second-order valence-corrected chi connectivity index (χ2v) is 7.23. The highest BCUT2D eigenvalue weighted by atomic mass is 32.2. The summed E-state index contributed by atoms with van der Waals surface area (Å²) in [5.41, 5.74) is 0.989. The fraction of sp³-hybridized carbons (Fsp3) is 0.533. The van der Waals surface area contributed by atoms with Crippen LogP contribution in [0.1, 0.15) is 41.6 Å². The van der Waals surface area contributed by atoms with E-state index in [9.17, 15) is 13.2 Å². The fourth-order valence-electron chi connectivity index (χ4n) is 2.53. The van der Waals surface area contributed by atoms with Gasteiger partial charge in [-0.25, -0.2) is 17.5 Å². The molecule has 0 bridgehead atoms. The van der Waals surface area contributed by atoms with E-state index in [-0.39, 0.29) is 5.75 Å². The lowest BCUT2D eigenvalue weighted by molar-refractivity contribution is 0.0600. The van der Waals surface area contributed by atoms with Crippen LogP contribution in [-0.2, 0) is 20.5 Å². The number of ether oxygens (including phenoxy) is 1. The molecule has 2 rings (SSSR count). The van der Waals surface area contributed by atoms with E-state index in [1.165, 1.54) is 7.11 Å². The van der Waals surface area contributed by atoms with Crippen molar-refractivity contribution in [2.24, 2.45) is 0 Å². The van der Waals surface area contributed by atoms with Gasteiger partial charge < -0.3 is 4.74 Å². The topological polar surface area (TPSA) is 63.7 Å². The van der Waals surface area contributed by atoms with Gasteiger partial charge in [0.1, 0.15) is 0 Å². The molecule has 1 aromatic rings. The van der Waals surface area contributed by atoms with Gasteiger partial charge in [0, 0.05) is 13.1 Å². The molecule has 1 heterocycles. The van der Waals surface area contributed by atoms with E-state index in [1.807, 2.05) is 0 Å². The Balaban J connectivity index is 2.14. The van der Waals surface area contributed by atoms with Crippen LogP contribution in [-0.4, -0.2) is 38.9 Å². The number of carbonyl (C=O) groups excluding carboxylic acids is 1. The summed E-state index contributed by atoms with van der Waals surface area (Å²) in [5.74, 6) is -0.526. The van der Waals surface area contributed by atoms with Crippen molar-refractivity contribution in [3.63, 3.8) is 0 Å². The smallest absolute Gasteiger partial charge is 0.337 e. The van der Waals surface area contributed by atoms with Gasteiger partial charge >= 0.3 is 5.97 Å². The first-order valence-corrected chi connectivity index (χ1v) is 8.79. The molecule has 0 aromatic heterocycles. The van der Waals surface area contributed by atoms with Crippen molar-refractivity contribution in [1.29, 1.82) is 0 Å². The van der Waals surface area contributed by atoms with Crippen LogP contribution in [0.5, 0.6) is 0 Å². The fourth-order valence-corrected chi connectivity index (χ4v) is 4.13. The van der Waals surface area contributed by atoms with Crippen LogP contribution >= 0.6 is 0 Å². The van der Waals surface area contributed by atoms with E-state index >= 15 is 0 Å². The quantitative estimate of drug-likeness (QED) is 0.800. The highest BCUT2D eigenvalue weighted by Crippen LogP contribution is 2.18. The maximum Gasteiger partial charge on any atom is 0.337 e. The Kier molecular flexibility index (Phi) is 5.36. The van der Waals surface area contributed by atoms with Gasteiger partial charge in [0.2, 0.25) is 10.0 Å². The predicted octanol–water partition coefficient (Wildman–Crippen LogP) is 2.18. The van der Waals surface area contributed by atoms with Crippen molar-refractivity contribution in [2.45, 2.75) is 31.4 Å². The number of sulfonamides is 1. The Morgan fingerprint density at radius 2 is 1.86 bits per heavy atom. The molecule has 1 aliphatic heterocycles. The molecule has 0 radical (unpaired) electrons. The third-order valence-corrected chi connectivity index (χ3v) is 5.51. The lowest BCUT2D eigenvalue weighted by atomic mass is 10.1. The molecule has 6 heteroatoms. The maximum absolute atomic E-state index is 12.5. The standard InChI is InChI=1S/C15H21NO4S/c1-20-15(17)14-8-6-7-13(11-14)12-21(18,19)16-9-4-2-3-5-10-16/h6-8,11H,2-5,9-10,12H2,1H3. The van der Waals surface area contributed by atoms with Crippen LogP contribution in [0.4, 0.5) is 0 Å². The van der Waals surface area contributed by atoms with E-state index < -0.39 is 16.0 Å².